The molecule has 0 aliphatic rings. The van der Waals surface area contributed by atoms with E-state index in [9.17, 15) is 22.0 Å². The standard InChI is InChI=1S/C4H4Cl3F5Si/c5-13(6,7)4(11,12)2-1-3(8,9)10/h1-2H2. The lowest BCUT2D eigenvalue weighted by molar-refractivity contribution is -0.144. The highest BCUT2D eigenvalue weighted by Crippen LogP contribution is 2.42. The molecule has 0 rings (SSSR count). The van der Waals surface area contributed by atoms with Crippen LogP contribution in [-0.4, -0.2) is 17.7 Å². The van der Waals surface area contributed by atoms with Gasteiger partial charge in [-0.3, -0.25) is 0 Å². The van der Waals surface area contributed by atoms with Crippen LogP contribution in [0.3, 0.4) is 0 Å². The van der Waals surface area contributed by atoms with E-state index < -0.39 is 30.6 Å². The van der Waals surface area contributed by atoms with Crippen molar-refractivity contribution < 1.29 is 22.0 Å². The summed E-state index contributed by atoms with van der Waals surface area (Å²) in [5.41, 5.74) is -3.84. The number of halogens is 8. The molecule has 0 nitrogen and oxygen atoms in total. The van der Waals surface area contributed by atoms with E-state index in [0.29, 0.717) is 0 Å². The summed E-state index contributed by atoms with van der Waals surface area (Å²) in [4.78, 5) is 0. The molecule has 0 amide bonds. The van der Waals surface area contributed by atoms with Crippen molar-refractivity contribution in [2.24, 2.45) is 0 Å². The molecule has 0 aromatic carbocycles. The van der Waals surface area contributed by atoms with Crippen LogP contribution in [-0.2, 0) is 0 Å². The molecule has 0 atom stereocenters. The van der Waals surface area contributed by atoms with Gasteiger partial charge in [0.15, 0.2) is 0 Å². The summed E-state index contributed by atoms with van der Waals surface area (Å²) in [7, 11) is 0. The fourth-order valence-corrected chi connectivity index (χ4v) is 1.70. The molecule has 0 spiro atoms. The number of alkyl halides is 5. The van der Waals surface area contributed by atoms with Crippen LogP contribution in [0, 0.1) is 0 Å². The zero-order valence-electron chi connectivity index (χ0n) is 5.94. The van der Waals surface area contributed by atoms with Gasteiger partial charge in [-0.15, -0.1) is 33.2 Å². The van der Waals surface area contributed by atoms with Crippen molar-refractivity contribution in [1.29, 1.82) is 0 Å². The molecule has 0 aromatic heterocycles. The fraction of sp³-hybridized carbons (Fsp3) is 1.00. The van der Waals surface area contributed by atoms with Crippen LogP contribution in [0.4, 0.5) is 22.0 Å². The summed E-state index contributed by atoms with van der Waals surface area (Å²) in [6, 6.07) is -4.40. The average molecular weight is 282 g/mol. The number of hydrogen-bond donors (Lipinski definition) is 0. The van der Waals surface area contributed by atoms with Crippen molar-refractivity contribution in [3.63, 3.8) is 0 Å². The van der Waals surface area contributed by atoms with Gasteiger partial charge in [-0.1, -0.05) is 0 Å². The van der Waals surface area contributed by atoms with Gasteiger partial charge >= 0.3 is 12.2 Å². The van der Waals surface area contributed by atoms with Crippen LogP contribution < -0.4 is 0 Å². The highest BCUT2D eigenvalue weighted by molar-refractivity contribution is 7.65. The first kappa shape index (κ1) is 13.7. The van der Waals surface area contributed by atoms with Gasteiger partial charge in [0.1, 0.15) is 0 Å². The fourth-order valence-electron chi connectivity index (χ4n) is 0.440. The summed E-state index contributed by atoms with van der Waals surface area (Å²) in [6.45, 7) is 0. The minimum atomic E-state index is -4.66. The minimum absolute atomic E-state index is 1.47. The highest BCUT2D eigenvalue weighted by Gasteiger charge is 2.55. The first-order valence-electron chi connectivity index (χ1n) is 2.97. The summed E-state index contributed by atoms with van der Waals surface area (Å²) >= 11 is 14.7. The van der Waals surface area contributed by atoms with E-state index >= 15 is 0 Å². The maximum absolute atomic E-state index is 12.6. The first-order valence-corrected chi connectivity index (χ1v) is 8.00. The van der Waals surface area contributed by atoms with Gasteiger partial charge < -0.3 is 0 Å². The molecule has 0 unspecified atom stereocenters. The smallest absolute Gasteiger partial charge is 0.207 e. The maximum atomic E-state index is 12.6. The third kappa shape index (κ3) is 5.24. The van der Waals surface area contributed by atoms with Gasteiger partial charge in [-0.25, -0.2) is 8.78 Å². The lowest BCUT2D eigenvalue weighted by Gasteiger charge is -2.21. The molecule has 0 heterocycles. The van der Waals surface area contributed by atoms with E-state index in [1.807, 2.05) is 0 Å². The Morgan fingerprint density at radius 3 is 1.46 bits per heavy atom. The van der Waals surface area contributed by atoms with E-state index in [1.165, 1.54) is 0 Å². The normalized spacial score (nSPS) is 14.8. The second kappa shape index (κ2) is 4.08. The van der Waals surface area contributed by atoms with Gasteiger partial charge in [-0.2, -0.15) is 13.2 Å². The molecule has 0 aliphatic heterocycles. The average Bonchev–Trinajstić information content (AvgIpc) is 1.79. The van der Waals surface area contributed by atoms with Crippen LogP contribution in [0.5, 0.6) is 0 Å². The Bertz CT molecular complexity index is 174. The number of hydrogen-bond acceptors (Lipinski definition) is 0. The molecule has 0 aliphatic carbocycles. The van der Waals surface area contributed by atoms with Crippen molar-refractivity contribution in [3.8, 4) is 0 Å². The Balaban J connectivity index is 4.21. The molecule has 0 radical (unpaired) electrons. The maximum Gasteiger partial charge on any atom is 0.415 e. The number of rotatable bonds is 3. The predicted molar refractivity (Wildman–Crippen MR) is 43.5 cm³/mol. The van der Waals surface area contributed by atoms with Gasteiger partial charge in [0.05, 0.1) is 0 Å². The topological polar surface area (TPSA) is 0 Å². The van der Waals surface area contributed by atoms with Gasteiger partial charge in [0.2, 0.25) is 0 Å². The van der Waals surface area contributed by atoms with Crippen molar-refractivity contribution in [2.75, 3.05) is 0 Å². The van der Waals surface area contributed by atoms with Crippen molar-refractivity contribution in [3.05, 3.63) is 0 Å². The molecule has 0 fully saturated rings. The molecule has 0 saturated heterocycles. The molecule has 0 bridgehead atoms. The van der Waals surface area contributed by atoms with Crippen LogP contribution in [0.25, 0.3) is 0 Å². The van der Waals surface area contributed by atoms with E-state index in [2.05, 4.69) is 0 Å². The Kier molecular flexibility index (Phi) is 4.31. The molecule has 80 valence electrons. The third-order valence-electron chi connectivity index (χ3n) is 1.14. The van der Waals surface area contributed by atoms with E-state index in [0.717, 1.165) is 0 Å². The van der Waals surface area contributed by atoms with E-state index in [1.54, 1.807) is 0 Å². The summed E-state index contributed by atoms with van der Waals surface area (Å²) in [5, 5.41) is 0. The van der Waals surface area contributed by atoms with Crippen LogP contribution in [0.15, 0.2) is 0 Å². The van der Waals surface area contributed by atoms with Gasteiger partial charge in [-0.05, 0) is 0 Å². The zero-order valence-corrected chi connectivity index (χ0v) is 9.21. The Hall–Kier alpha value is 0.737. The molecule has 0 saturated carbocycles. The summed E-state index contributed by atoms with van der Waals surface area (Å²) < 4.78 is 59.8. The lowest BCUT2D eigenvalue weighted by atomic mass is 10.3. The quantitative estimate of drug-likeness (QED) is 0.414. The zero-order chi connectivity index (χ0) is 10.9. The molecular weight excluding hydrogens is 277 g/mol. The van der Waals surface area contributed by atoms with Gasteiger partial charge in [0.25, 0.3) is 5.55 Å². The second-order valence-electron chi connectivity index (χ2n) is 2.32. The minimum Gasteiger partial charge on any atom is -0.207 e. The first-order chi connectivity index (χ1) is 5.46. The predicted octanol–water partition coefficient (Wildman–Crippen LogP) is 4.16. The Morgan fingerprint density at radius 2 is 1.23 bits per heavy atom. The van der Waals surface area contributed by atoms with Crippen molar-refractivity contribution in [2.45, 2.75) is 24.6 Å². The van der Waals surface area contributed by atoms with E-state index in [-0.39, 0.29) is 0 Å². The molecular formula is C4H4Cl3F5Si. The molecule has 0 aromatic rings. The molecule has 0 N–H and O–H groups in total. The lowest BCUT2D eigenvalue weighted by Crippen LogP contribution is -2.39. The third-order valence-corrected chi connectivity index (χ3v) is 4.71. The second-order valence-corrected chi connectivity index (χ2v) is 10.9. The highest BCUT2D eigenvalue weighted by atomic mass is 35.8. The largest absolute Gasteiger partial charge is 0.415 e. The van der Waals surface area contributed by atoms with Crippen LogP contribution >= 0.6 is 33.2 Å². The van der Waals surface area contributed by atoms with Crippen LogP contribution in [0.1, 0.15) is 12.8 Å². The molecule has 9 heteroatoms. The van der Waals surface area contributed by atoms with E-state index in [4.69, 9.17) is 33.2 Å². The Labute approximate surface area is 86.1 Å². The molecule has 13 heavy (non-hydrogen) atoms. The van der Waals surface area contributed by atoms with Gasteiger partial charge in [0, 0.05) is 12.8 Å². The SMILES string of the molecule is FC(F)(F)CCC(F)(F)[Si](Cl)(Cl)Cl. The summed E-state index contributed by atoms with van der Waals surface area (Å²) in [6.07, 6.45) is -7.78. The van der Waals surface area contributed by atoms with Crippen LogP contribution in [0.2, 0.25) is 0 Å². The monoisotopic (exact) mass is 280 g/mol. The summed E-state index contributed by atoms with van der Waals surface area (Å²) in [5.74, 6) is 0. The Morgan fingerprint density at radius 1 is 0.846 bits per heavy atom. The van der Waals surface area contributed by atoms with Crippen molar-refractivity contribution >= 4 is 39.2 Å². The van der Waals surface area contributed by atoms with Crippen molar-refractivity contribution in [1.82, 2.24) is 0 Å².